The first kappa shape index (κ1) is 21.4. The Morgan fingerprint density at radius 2 is 2.17 bits per heavy atom. The van der Waals surface area contributed by atoms with E-state index in [-0.39, 0.29) is 24.0 Å². The van der Waals surface area contributed by atoms with Gasteiger partial charge in [0.25, 0.3) is 0 Å². The third-order valence-electron chi connectivity index (χ3n) is 3.80. The molecule has 1 aromatic carbocycles. The van der Waals surface area contributed by atoms with Crippen molar-refractivity contribution in [2.75, 3.05) is 45.6 Å². The quantitative estimate of drug-likeness (QED) is 0.382. The molecule has 1 heterocycles. The summed E-state index contributed by atoms with van der Waals surface area (Å²) in [6.07, 6.45) is 1.11. The van der Waals surface area contributed by atoms with E-state index in [9.17, 15) is 4.21 Å². The fraction of sp³-hybridized carbons (Fsp3) is 0.588. The first-order valence-electron chi connectivity index (χ1n) is 8.21. The van der Waals surface area contributed by atoms with Gasteiger partial charge in [0.1, 0.15) is 0 Å². The normalized spacial score (nSPS) is 18.8. The van der Waals surface area contributed by atoms with E-state index in [0.29, 0.717) is 18.2 Å². The highest BCUT2D eigenvalue weighted by atomic mass is 127. The van der Waals surface area contributed by atoms with Crippen molar-refractivity contribution < 1.29 is 8.95 Å². The minimum Gasteiger partial charge on any atom is -0.381 e. The van der Waals surface area contributed by atoms with Crippen LogP contribution >= 0.6 is 24.0 Å². The van der Waals surface area contributed by atoms with Crippen LogP contribution in [0, 0.1) is 5.92 Å². The lowest BCUT2D eigenvalue weighted by atomic mass is 10.1. The Bertz CT molecular complexity index is 522. The van der Waals surface area contributed by atoms with Crippen molar-refractivity contribution in [1.82, 2.24) is 10.2 Å². The maximum absolute atomic E-state index is 12.2. The van der Waals surface area contributed by atoms with Crippen LogP contribution in [0.25, 0.3) is 0 Å². The number of rotatable bonds is 7. The number of nitrogens with zero attached hydrogens (tertiary/aromatic N) is 2. The second kappa shape index (κ2) is 11.8. The van der Waals surface area contributed by atoms with Crippen LogP contribution in [0.1, 0.15) is 13.3 Å². The second-order valence-corrected chi connectivity index (χ2v) is 7.28. The van der Waals surface area contributed by atoms with Gasteiger partial charge in [-0.15, -0.1) is 24.0 Å². The molecule has 24 heavy (non-hydrogen) atoms. The number of hydrogen-bond donors (Lipinski definition) is 1. The van der Waals surface area contributed by atoms with Crippen molar-refractivity contribution in [3.63, 3.8) is 0 Å². The van der Waals surface area contributed by atoms with E-state index in [1.165, 1.54) is 0 Å². The number of hydrogen-bond acceptors (Lipinski definition) is 3. The van der Waals surface area contributed by atoms with Gasteiger partial charge in [-0.2, -0.15) is 0 Å². The summed E-state index contributed by atoms with van der Waals surface area (Å²) in [6.45, 7) is 6.07. The number of guanidine groups is 1. The van der Waals surface area contributed by atoms with Gasteiger partial charge in [0.15, 0.2) is 5.96 Å². The molecule has 1 aliphatic rings. The molecule has 1 saturated heterocycles. The summed E-state index contributed by atoms with van der Waals surface area (Å²) in [7, 11) is 1.06. The van der Waals surface area contributed by atoms with Gasteiger partial charge in [0, 0.05) is 43.3 Å². The fourth-order valence-electron chi connectivity index (χ4n) is 2.60. The van der Waals surface area contributed by atoms with Crippen LogP contribution in [0.2, 0.25) is 0 Å². The zero-order valence-corrected chi connectivity index (χ0v) is 17.6. The van der Waals surface area contributed by atoms with Crippen LogP contribution in [-0.2, 0) is 15.5 Å². The maximum atomic E-state index is 12.2. The van der Waals surface area contributed by atoms with Crippen molar-refractivity contribution in [3.05, 3.63) is 30.3 Å². The molecule has 1 fully saturated rings. The molecule has 0 aromatic heterocycles. The first-order valence-corrected chi connectivity index (χ1v) is 9.53. The van der Waals surface area contributed by atoms with Crippen molar-refractivity contribution in [2.24, 2.45) is 10.9 Å². The summed E-state index contributed by atoms with van der Waals surface area (Å²) in [6, 6.07) is 9.56. The van der Waals surface area contributed by atoms with Gasteiger partial charge in [-0.3, -0.25) is 9.20 Å². The smallest absolute Gasteiger partial charge is 0.193 e. The summed E-state index contributed by atoms with van der Waals surface area (Å²) >= 11 is 0. The average molecular weight is 465 g/mol. The predicted molar refractivity (Wildman–Crippen MR) is 111 cm³/mol. The van der Waals surface area contributed by atoms with Crippen LogP contribution in [-0.4, -0.2) is 60.7 Å². The van der Waals surface area contributed by atoms with E-state index in [4.69, 9.17) is 4.74 Å². The minimum atomic E-state index is -0.994. The molecule has 2 atom stereocenters. The standard InChI is InChI=1S/C17H27N3O2S.HI/c1-3-18-17(20(2)13-15-9-11-22-14-15)19-10-12-23(21)16-7-5-4-6-8-16;/h4-8,15H,3,9-14H2,1-2H3,(H,18,19);1H. The van der Waals surface area contributed by atoms with E-state index >= 15 is 0 Å². The fourth-order valence-corrected chi connectivity index (χ4v) is 3.55. The van der Waals surface area contributed by atoms with Crippen LogP contribution in [0.4, 0.5) is 0 Å². The van der Waals surface area contributed by atoms with Gasteiger partial charge in [0.05, 0.1) is 24.0 Å². The molecule has 1 aliphatic heterocycles. The molecular weight excluding hydrogens is 437 g/mol. The Kier molecular flexibility index (Phi) is 10.5. The highest BCUT2D eigenvalue weighted by Crippen LogP contribution is 2.13. The van der Waals surface area contributed by atoms with Crippen LogP contribution < -0.4 is 5.32 Å². The highest BCUT2D eigenvalue weighted by molar-refractivity contribution is 14.0. The molecule has 136 valence electrons. The zero-order chi connectivity index (χ0) is 16.5. The number of aliphatic imine (C=N–C) groups is 1. The molecule has 0 aliphatic carbocycles. The second-order valence-electron chi connectivity index (χ2n) is 5.71. The topological polar surface area (TPSA) is 53.9 Å². The van der Waals surface area contributed by atoms with Crippen LogP contribution in [0.3, 0.4) is 0 Å². The van der Waals surface area contributed by atoms with E-state index in [2.05, 4.69) is 22.1 Å². The van der Waals surface area contributed by atoms with E-state index < -0.39 is 10.8 Å². The summed E-state index contributed by atoms with van der Waals surface area (Å²) in [5, 5.41) is 3.31. The van der Waals surface area contributed by atoms with Crippen molar-refractivity contribution >= 4 is 40.7 Å². The number of ether oxygens (including phenoxy) is 1. The van der Waals surface area contributed by atoms with Crippen molar-refractivity contribution in [1.29, 1.82) is 0 Å². The molecular formula is C17H28IN3O2S. The third kappa shape index (κ3) is 7.06. The summed E-state index contributed by atoms with van der Waals surface area (Å²) < 4.78 is 17.7. The van der Waals surface area contributed by atoms with Gasteiger partial charge < -0.3 is 15.0 Å². The van der Waals surface area contributed by atoms with Gasteiger partial charge in [-0.05, 0) is 25.5 Å². The number of halogens is 1. The lowest BCUT2D eigenvalue weighted by molar-refractivity contribution is 0.181. The van der Waals surface area contributed by atoms with Gasteiger partial charge in [0.2, 0.25) is 0 Å². The molecule has 1 aromatic rings. The van der Waals surface area contributed by atoms with Gasteiger partial charge >= 0.3 is 0 Å². The Morgan fingerprint density at radius 1 is 1.42 bits per heavy atom. The molecule has 0 bridgehead atoms. The SMILES string of the molecule is CCNC(=NCCS(=O)c1ccccc1)N(C)CC1CCOC1.I. The molecule has 0 radical (unpaired) electrons. The Balaban J connectivity index is 0.00000288. The van der Waals surface area contributed by atoms with E-state index in [1.807, 2.05) is 37.4 Å². The molecule has 2 unspecified atom stereocenters. The van der Waals surface area contributed by atoms with Crippen LogP contribution in [0.15, 0.2) is 40.2 Å². The van der Waals surface area contributed by atoms with Gasteiger partial charge in [-0.1, -0.05) is 18.2 Å². The Hall–Kier alpha value is -0.670. The third-order valence-corrected chi connectivity index (χ3v) is 5.15. The molecule has 7 heteroatoms. The molecule has 0 saturated carbocycles. The maximum Gasteiger partial charge on any atom is 0.193 e. The Labute approximate surface area is 164 Å². The molecule has 1 N–H and O–H groups in total. The molecule has 0 spiro atoms. The lowest BCUT2D eigenvalue weighted by Crippen LogP contribution is -2.41. The highest BCUT2D eigenvalue weighted by Gasteiger charge is 2.19. The molecule has 5 nitrogen and oxygen atoms in total. The molecule has 2 rings (SSSR count). The van der Waals surface area contributed by atoms with Crippen LogP contribution in [0.5, 0.6) is 0 Å². The predicted octanol–water partition coefficient (Wildman–Crippen LogP) is 2.35. The zero-order valence-electron chi connectivity index (χ0n) is 14.4. The monoisotopic (exact) mass is 465 g/mol. The first-order chi connectivity index (χ1) is 11.2. The average Bonchev–Trinajstić information content (AvgIpc) is 3.07. The largest absolute Gasteiger partial charge is 0.381 e. The van der Waals surface area contributed by atoms with Crippen molar-refractivity contribution in [2.45, 2.75) is 18.2 Å². The number of benzene rings is 1. The minimum absolute atomic E-state index is 0. The van der Waals surface area contributed by atoms with E-state index in [0.717, 1.165) is 43.6 Å². The summed E-state index contributed by atoms with van der Waals surface area (Å²) in [5.41, 5.74) is 0. The Morgan fingerprint density at radius 3 is 2.79 bits per heavy atom. The molecule has 0 amide bonds. The van der Waals surface area contributed by atoms with Crippen molar-refractivity contribution in [3.8, 4) is 0 Å². The van der Waals surface area contributed by atoms with Gasteiger partial charge in [-0.25, -0.2) is 0 Å². The number of nitrogens with one attached hydrogen (secondary N) is 1. The lowest BCUT2D eigenvalue weighted by Gasteiger charge is -2.24. The summed E-state index contributed by atoms with van der Waals surface area (Å²) in [5.74, 6) is 1.99. The van der Waals surface area contributed by atoms with E-state index in [1.54, 1.807) is 0 Å². The summed E-state index contributed by atoms with van der Waals surface area (Å²) in [4.78, 5) is 7.63.